The third kappa shape index (κ3) is 2.76. The molecule has 1 saturated carbocycles. The largest absolute Gasteiger partial charge is 0.441 e. The van der Waals surface area contributed by atoms with Crippen LogP contribution in [0.4, 0.5) is 0 Å². The first-order valence-corrected chi connectivity index (χ1v) is 7.62. The molecule has 1 aliphatic rings. The number of hydrogen-bond acceptors (Lipinski definition) is 4. The zero-order valence-corrected chi connectivity index (χ0v) is 12.4. The Labute approximate surface area is 129 Å². The molecule has 116 valence electrons. The molecule has 1 aromatic heterocycles. The Balaban J connectivity index is 1.83. The Morgan fingerprint density at radius 3 is 2.68 bits per heavy atom. The first kappa shape index (κ1) is 14.8. The summed E-state index contributed by atoms with van der Waals surface area (Å²) in [5, 5.41) is 11.2. The fourth-order valence-corrected chi connectivity index (χ4v) is 3.16. The van der Waals surface area contributed by atoms with E-state index in [0.717, 1.165) is 25.7 Å². The molecule has 0 saturated heterocycles. The number of rotatable bonds is 5. The maximum absolute atomic E-state index is 12.6. The van der Waals surface area contributed by atoms with E-state index in [0.29, 0.717) is 5.56 Å². The van der Waals surface area contributed by atoms with Crippen molar-refractivity contribution in [3.05, 3.63) is 54.6 Å². The highest BCUT2D eigenvalue weighted by Crippen LogP contribution is 2.41. The van der Waals surface area contributed by atoms with E-state index in [-0.39, 0.29) is 12.6 Å². The number of carbonyl (C=O) groups excluding carboxylic acids is 1. The summed E-state index contributed by atoms with van der Waals surface area (Å²) >= 11 is 0. The molecule has 22 heavy (non-hydrogen) atoms. The van der Waals surface area contributed by atoms with E-state index >= 15 is 0 Å². The molecule has 2 aromatic rings. The first-order chi connectivity index (χ1) is 10.7. The lowest BCUT2D eigenvalue weighted by Gasteiger charge is -2.32. The van der Waals surface area contributed by atoms with Gasteiger partial charge in [0.05, 0.1) is 6.33 Å². The summed E-state index contributed by atoms with van der Waals surface area (Å²) in [6.45, 7) is 0.0562. The van der Waals surface area contributed by atoms with E-state index < -0.39 is 11.6 Å². The molecule has 1 atom stereocenters. The Morgan fingerprint density at radius 2 is 2.05 bits per heavy atom. The highest BCUT2D eigenvalue weighted by molar-refractivity contribution is 5.81. The van der Waals surface area contributed by atoms with Crippen LogP contribution in [0.1, 0.15) is 31.2 Å². The average Bonchev–Trinajstić information content (AvgIpc) is 3.26. The van der Waals surface area contributed by atoms with Crippen LogP contribution < -0.4 is 0 Å². The van der Waals surface area contributed by atoms with Crippen LogP contribution in [0.2, 0.25) is 0 Å². The van der Waals surface area contributed by atoms with Gasteiger partial charge in [-0.3, -0.25) is 0 Å². The summed E-state index contributed by atoms with van der Waals surface area (Å²) in [5.41, 5.74) is -0.962. The molecule has 1 fully saturated rings. The average molecular weight is 300 g/mol. The molecule has 5 nitrogen and oxygen atoms in total. The van der Waals surface area contributed by atoms with Crippen molar-refractivity contribution in [3.8, 4) is 0 Å². The van der Waals surface area contributed by atoms with Gasteiger partial charge in [-0.25, -0.2) is 9.78 Å². The van der Waals surface area contributed by atoms with E-state index in [1.165, 1.54) is 0 Å². The minimum absolute atomic E-state index is 0.0562. The van der Waals surface area contributed by atoms with Crippen LogP contribution in [0.25, 0.3) is 0 Å². The number of ether oxygens (including phenoxy) is 1. The molecule has 1 aliphatic carbocycles. The summed E-state index contributed by atoms with van der Waals surface area (Å²) in [5.74, 6) is -0.676. The minimum Gasteiger partial charge on any atom is -0.441 e. The standard InChI is InChI=1S/C17H20N2O3/c20-16(22-13-19-11-10-18-12-19)17(21,15-8-4-5-9-15)14-6-2-1-3-7-14/h1-3,6-7,10-12,15,21H,4-5,8-9,13H2. The number of carbonyl (C=O) groups is 1. The summed E-state index contributed by atoms with van der Waals surface area (Å²) < 4.78 is 7.00. The second-order valence-electron chi connectivity index (χ2n) is 5.75. The summed E-state index contributed by atoms with van der Waals surface area (Å²) in [6.07, 6.45) is 8.66. The van der Waals surface area contributed by atoms with E-state index in [9.17, 15) is 9.90 Å². The topological polar surface area (TPSA) is 64.4 Å². The molecule has 5 heteroatoms. The molecule has 0 spiro atoms. The second-order valence-corrected chi connectivity index (χ2v) is 5.75. The van der Waals surface area contributed by atoms with Gasteiger partial charge in [0.2, 0.25) is 0 Å². The van der Waals surface area contributed by atoms with Crippen molar-refractivity contribution in [1.82, 2.24) is 9.55 Å². The van der Waals surface area contributed by atoms with Gasteiger partial charge >= 0.3 is 5.97 Å². The van der Waals surface area contributed by atoms with Crippen LogP contribution in [-0.2, 0) is 21.9 Å². The molecule has 1 N–H and O–H groups in total. The molecule has 0 amide bonds. The Bertz CT molecular complexity index is 606. The highest BCUT2D eigenvalue weighted by Gasteiger charge is 2.47. The lowest BCUT2D eigenvalue weighted by Crippen LogP contribution is -2.43. The van der Waals surface area contributed by atoms with Crippen molar-refractivity contribution >= 4 is 5.97 Å². The lowest BCUT2D eigenvalue weighted by molar-refractivity contribution is -0.177. The monoisotopic (exact) mass is 300 g/mol. The number of aliphatic hydroxyl groups is 1. The van der Waals surface area contributed by atoms with Crippen LogP contribution in [0, 0.1) is 5.92 Å². The fourth-order valence-electron chi connectivity index (χ4n) is 3.16. The zero-order valence-electron chi connectivity index (χ0n) is 12.4. The van der Waals surface area contributed by atoms with Gasteiger partial charge in [-0.05, 0) is 18.4 Å². The first-order valence-electron chi connectivity index (χ1n) is 7.62. The SMILES string of the molecule is O=C(OCn1ccnc1)C(O)(c1ccccc1)C1CCCC1. The van der Waals surface area contributed by atoms with E-state index in [1.54, 1.807) is 35.4 Å². The maximum atomic E-state index is 12.6. The van der Waals surface area contributed by atoms with Crippen LogP contribution >= 0.6 is 0 Å². The van der Waals surface area contributed by atoms with E-state index in [4.69, 9.17) is 4.74 Å². The van der Waals surface area contributed by atoms with E-state index in [1.807, 2.05) is 18.2 Å². The van der Waals surface area contributed by atoms with Gasteiger partial charge in [0.25, 0.3) is 0 Å². The Hall–Kier alpha value is -2.14. The Kier molecular flexibility index (Phi) is 4.24. The van der Waals surface area contributed by atoms with Crippen molar-refractivity contribution in [2.45, 2.75) is 38.0 Å². The number of esters is 1. The number of imidazole rings is 1. The molecule has 1 unspecified atom stereocenters. The molecular formula is C17H20N2O3. The smallest absolute Gasteiger partial charge is 0.344 e. The molecule has 1 aromatic carbocycles. The summed E-state index contributed by atoms with van der Waals surface area (Å²) in [4.78, 5) is 16.5. The molecule has 1 heterocycles. The van der Waals surface area contributed by atoms with Gasteiger partial charge in [-0.1, -0.05) is 43.2 Å². The van der Waals surface area contributed by atoms with Gasteiger partial charge in [0, 0.05) is 18.3 Å². The molecule has 0 radical (unpaired) electrons. The quantitative estimate of drug-likeness (QED) is 0.862. The van der Waals surface area contributed by atoms with Gasteiger partial charge in [0.1, 0.15) is 0 Å². The lowest BCUT2D eigenvalue weighted by atomic mass is 9.80. The van der Waals surface area contributed by atoms with Crippen LogP contribution in [-0.4, -0.2) is 20.6 Å². The van der Waals surface area contributed by atoms with Crippen molar-refractivity contribution in [2.24, 2.45) is 5.92 Å². The van der Waals surface area contributed by atoms with Crippen LogP contribution in [0.5, 0.6) is 0 Å². The zero-order chi connectivity index (χ0) is 15.4. The van der Waals surface area contributed by atoms with Gasteiger partial charge in [-0.2, -0.15) is 0 Å². The Morgan fingerprint density at radius 1 is 1.32 bits per heavy atom. The minimum atomic E-state index is -1.57. The van der Waals surface area contributed by atoms with Gasteiger partial charge in [-0.15, -0.1) is 0 Å². The van der Waals surface area contributed by atoms with Crippen molar-refractivity contribution in [1.29, 1.82) is 0 Å². The highest BCUT2D eigenvalue weighted by atomic mass is 16.6. The number of hydrogen-bond donors (Lipinski definition) is 1. The molecule has 0 bridgehead atoms. The van der Waals surface area contributed by atoms with Crippen molar-refractivity contribution in [3.63, 3.8) is 0 Å². The number of aromatic nitrogens is 2. The second kappa shape index (κ2) is 6.32. The molecule has 0 aliphatic heterocycles. The summed E-state index contributed by atoms with van der Waals surface area (Å²) in [7, 11) is 0. The van der Waals surface area contributed by atoms with Gasteiger partial charge < -0.3 is 14.4 Å². The van der Waals surface area contributed by atoms with Crippen LogP contribution in [0.15, 0.2) is 49.1 Å². The third-order valence-electron chi connectivity index (χ3n) is 4.37. The fraction of sp³-hybridized carbons (Fsp3) is 0.412. The predicted octanol–water partition coefficient (Wildman–Crippen LogP) is 2.46. The third-order valence-corrected chi connectivity index (χ3v) is 4.37. The number of benzene rings is 1. The van der Waals surface area contributed by atoms with Gasteiger partial charge in [0.15, 0.2) is 12.3 Å². The maximum Gasteiger partial charge on any atom is 0.344 e. The normalized spacial score (nSPS) is 18.0. The number of nitrogens with zero attached hydrogens (tertiary/aromatic N) is 2. The summed E-state index contributed by atoms with van der Waals surface area (Å²) in [6, 6.07) is 9.11. The van der Waals surface area contributed by atoms with E-state index in [2.05, 4.69) is 4.98 Å². The predicted molar refractivity (Wildman–Crippen MR) is 80.6 cm³/mol. The van der Waals surface area contributed by atoms with Crippen LogP contribution in [0.3, 0.4) is 0 Å². The molecule has 3 rings (SSSR count). The van der Waals surface area contributed by atoms with Crippen molar-refractivity contribution < 1.29 is 14.6 Å². The molecular weight excluding hydrogens is 280 g/mol. The van der Waals surface area contributed by atoms with Crippen molar-refractivity contribution in [2.75, 3.05) is 0 Å².